The van der Waals surface area contributed by atoms with Gasteiger partial charge in [-0.3, -0.25) is 9.59 Å². The van der Waals surface area contributed by atoms with Crippen molar-refractivity contribution in [3.05, 3.63) is 50.9 Å². The predicted octanol–water partition coefficient (Wildman–Crippen LogP) is 2.70. The van der Waals surface area contributed by atoms with E-state index in [-0.39, 0.29) is 27.6 Å². The molecule has 4 N–H and O–H groups in total. The SMILES string of the molecule is C[C@@H](N)C(=O)OCO/C(=C1/C(=O)N(C(N)=O)c2cc(Cl)c(F)cc21)c1cccs1. The molecule has 8 nitrogen and oxygen atoms in total. The van der Waals surface area contributed by atoms with Crippen LogP contribution in [-0.4, -0.2) is 30.7 Å². The number of amides is 3. The van der Waals surface area contributed by atoms with Crippen LogP contribution in [0.15, 0.2) is 29.6 Å². The molecule has 152 valence electrons. The van der Waals surface area contributed by atoms with Crippen LogP contribution in [0.1, 0.15) is 17.4 Å². The lowest BCUT2D eigenvalue weighted by Gasteiger charge is -2.14. The van der Waals surface area contributed by atoms with Gasteiger partial charge >= 0.3 is 12.0 Å². The third-order valence-corrected chi connectivity index (χ3v) is 5.09. The molecule has 1 aromatic heterocycles. The van der Waals surface area contributed by atoms with E-state index in [4.69, 9.17) is 32.5 Å². The highest BCUT2D eigenvalue weighted by Crippen LogP contribution is 2.43. The van der Waals surface area contributed by atoms with Crippen molar-refractivity contribution in [1.29, 1.82) is 0 Å². The van der Waals surface area contributed by atoms with Crippen LogP contribution in [0.2, 0.25) is 5.02 Å². The minimum absolute atomic E-state index is 0.00537. The Morgan fingerprint density at radius 1 is 1.34 bits per heavy atom. The standard InChI is InChI=1S/C18H15ClFN3O5S/c1-8(21)17(25)28-7-27-15(13-3-2-4-29-13)14-9-5-11(20)10(19)6-12(9)23(16(14)24)18(22)26/h2-6,8H,7,21H2,1H3,(H2,22,26)/b15-14+/t8-/m1/s1. The molecule has 2 heterocycles. The lowest BCUT2D eigenvalue weighted by atomic mass is 10.0. The van der Waals surface area contributed by atoms with Gasteiger partial charge in [0.25, 0.3) is 5.91 Å². The number of halogens is 2. The molecule has 1 aliphatic heterocycles. The van der Waals surface area contributed by atoms with Gasteiger partial charge < -0.3 is 20.9 Å². The topological polar surface area (TPSA) is 125 Å². The number of fused-ring (bicyclic) bond motifs is 1. The average Bonchev–Trinajstić information content (AvgIpc) is 3.26. The summed E-state index contributed by atoms with van der Waals surface area (Å²) < 4.78 is 24.6. The zero-order valence-corrected chi connectivity index (χ0v) is 16.6. The Hall–Kier alpha value is -2.95. The van der Waals surface area contributed by atoms with E-state index < -0.39 is 36.6 Å². The second-order valence-electron chi connectivity index (χ2n) is 5.96. The molecule has 0 saturated carbocycles. The zero-order chi connectivity index (χ0) is 21.3. The van der Waals surface area contributed by atoms with E-state index in [1.54, 1.807) is 17.5 Å². The van der Waals surface area contributed by atoms with Crippen LogP contribution in [0.3, 0.4) is 0 Å². The molecule has 29 heavy (non-hydrogen) atoms. The first-order valence-electron chi connectivity index (χ1n) is 8.18. The van der Waals surface area contributed by atoms with E-state index >= 15 is 0 Å². The summed E-state index contributed by atoms with van der Waals surface area (Å²) in [5.41, 5.74) is 10.7. The number of anilines is 1. The molecule has 0 fully saturated rings. The molecule has 1 aromatic carbocycles. The van der Waals surface area contributed by atoms with Crippen molar-refractivity contribution in [3.63, 3.8) is 0 Å². The molecule has 0 unspecified atom stereocenters. The van der Waals surface area contributed by atoms with E-state index in [1.165, 1.54) is 18.3 Å². The van der Waals surface area contributed by atoms with Gasteiger partial charge in [0.2, 0.25) is 6.79 Å². The number of primary amides is 1. The number of thiophene rings is 1. The lowest BCUT2D eigenvalue weighted by molar-refractivity contribution is -0.152. The molecule has 0 spiro atoms. The minimum Gasteiger partial charge on any atom is -0.455 e. The number of hydrogen-bond acceptors (Lipinski definition) is 7. The number of benzene rings is 1. The van der Waals surface area contributed by atoms with Gasteiger partial charge in [0.15, 0.2) is 5.76 Å². The van der Waals surface area contributed by atoms with Crippen LogP contribution in [-0.2, 0) is 19.1 Å². The van der Waals surface area contributed by atoms with Gasteiger partial charge in [0, 0.05) is 5.56 Å². The zero-order valence-electron chi connectivity index (χ0n) is 15.0. The Labute approximate surface area is 173 Å². The number of ether oxygens (including phenoxy) is 2. The Kier molecular flexibility index (Phi) is 5.87. The van der Waals surface area contributed by atoms with Crippen LogP contribution >= 0.6 is 22.9 Å². The second kappa shape index (κ2) is 8.19. The van der Waals surface area contributed by atoms with Crippen LogP contribution in [0.5, 0.6) is 0 Å². The average molecular weight is 440 g/mol. The van der Waals surface area contributed by atoms with Gasteiger partial charge in [-0.2, -0.15) is 0 Å². The Balaban J connectivity index is 2.12. The normalized spacial score (nSPS) is 15.7. The number of nitrogens with two attached hydrogens (primary N) is 2. The van der Waals surface area contributed by atoms with Gasteiger partial charge in [-0.15, -0.1) is 11.3 Å². The number of urea groups is 1. The van der Waals surface area contributed by atoms with E-state index in [1.807, 2.05) is 0 Å². The number of carbonyl (C=O) groups is 3. The van der Waals surface area contributed by atoms with Crippen molar-refractivity contribution in [2.45, 2.75) is 13.0 Å². The summed E-state index contributed by atoms with van der Waals surface area (Å²) in [6.45, 7) is 0.890. The maximum absolute atomic E-state index is 14.1. The highest BCUT2D eigenvalue weighted by Gasteiger charge is 2.40. The monoisotopic (exact) mass is 439 g/mol. The summed E-state index contributed by atoms with van der Waals surface area (Å²) in [6, 6.07) is 3.55. The molecule has 11 heteroatoms. The number of esters is 1. The molecular formula is C18H15ClFN3O5S. The number of carbonyl (C=O) groups excluding carboxylic acids is 3. The number of imide groups is 1. The fourth-order valence-corrected chi connectivity index (χ4v) is 3.54. The van der Waals surface area contributed by atoms with Crippen LogP contribution in [0, 0.1) is 5.82 Å². The van der Waals surface area contributed by atoms with Crippen molar-refractivity contribution >= 4 is 57.9 Å². The first kappa shape index (κ1) is 20.8. The summed E-state index contributed by atoms with van der Waals surface area (Å²) >= 11 is 7.03. The van der Waals surface area contributed by atoms with Gasteiger partial charge in [0.1, 0.15) is 11.9 Å². The highest BCUT2D eigenvalue weighted by atomic mass is 35.5. The van der Waals surface area contributed by atoms with Crippen molar-refractivity contribution in [3.8, 4) is 0 Å². The molecule has 0 aliphatic carbocycles. The Morgan fingerprint density at radius 3 is 2.66 bits per heavy atom. The highest BCUT2D eigenvalue weighted by molar-refractivity contribution is 7.11. The predicted molar refractivity (Wildman–Crippen MR) is 105 cm³/mol. The van der Waals surface area contributed by atoms with Gasteiger partial charge in [-0.05, 0) is 30.5 Å². The maximum atomic E-state index is 14.1. The smallest absolute Gasteiger partial charge is 0.326 e. The van der Waals surface area contributed by atoms with Crippen molar-refractivity contribution in [1.82, 2.24) is 0 Å². The molecule has 1 atom stereocenters. The first-order chi connectivity index (χ1) is 13.7. The Morgan fingerprint density at radius 2 is 2.07 bits per heavy atom. The van der Waals surface area contributed by atoms with E-state index in [0.29, 0.717) is 9.78 Å². The molecule has 0 bridgehead atoms. The molecule has 0 saturated heterocycles. The van der Waals surface area contributed by atoms with Gasteiger partial charge in [0.05, 0.1) is 21.2 Å². The minimum atomic E-state index is -1.07. The van der Waals surface area contributed by atoms with Crippen LogP contribution in [0.4, 0.5) is 14.9 Å². The lowest BCUT2D eigenvalue weighted by Crippen LogP contribution is -2.38. The second-order valence-corrected chi connectivity index (χ2v) is 7.31. The Bertz CT molecular complexity index is 1020. The van der Waals surface area contributed by atoms with Crippen molar-refractivity contribution < 1.29 is 28.2 Å². The molecular weight excluding hydrogens is 425 g/mol. The largest absolute Gasteiger partial charge is 0.455 e. The molecule has 0 radical (unpaired) electrons. The third kappa shape index (κ3) is 3.95. The van der Waals surface area contributed by atoms with E-state index in [9.17, 15) is 18.8 Å². The molecule has 3 rings (SSSR count). The molecule has 3 amide bonds. The fourth-order valence-electron chi connectivity index (χ4n) is 2.65. The third-order valence-electron chi connectivity index (χ3n) is 3.93. The summed E-state index contributed by atoms with van der Waals surface area (Å²) in [5.74, 6) is -2.34. The quantitative estimate of drug-likeness (QED) is 0.319. The van der Waals surface area contributed by atoms with Crippen molar-refractivity contribution in [2.24, 2.45) is 11.5 Å². The van der Waals surface area contributed by atoms with Gasteiger partial charge in [-0.25, -0.2) is 14.1 Å². The first-order valence-corrected chi connectivity index (χ1v) is 9.44. The van der Waals surface area contributed by atoms with Crippen molar-refractivity contribution in [2.75, 3.05) is 11.7 Å². The summed E-state index contributed by atoms with van der Waals surface area (Å²) in [6.07, 6.45) is 0. The number of nitrogens with zero attached hydrogens (tertiary/aromatic N) is 1. The molecule has 1 aliphatic rings. The summed E-state index contributed by atoms with van der Waals surface area (Å²) in [4.78, 5) is 37.5. The van der Waals surface area contributed by atoms with Crippen LogP contribution < -0.4 is 16.4 Å². The molecule has 2 aromatic rings. The summed E-state index contributed by atoms with van der Waals surface area (Å²) in [5, 5.41) is 1.44. The van der Waals surface area contributed by atoms with Gasteiger partial charge in [-0.1, -0.05) is 17.7 Å². The van der Waals surface area contributed by atoms with Crippen LogP contribution in [0.25, 0.3) is 11.3 Å². The fraction of sp³-hybridized carbons (Fsp3) is 0.167. The van der Waals surface area contributed by atoms with E-state index in [0.717, 1.165) is 12.1 Å². The maximum Gasteiger partial charge on any atom is 0.326 e. The number of hydrogen-bond donors (Lipinski definition) is 2. The van der Waals surface area contributed by atoms with E-state index in [2.05, 4.69) is 0 Å². The summed E-state index contributed by atoms with van der Waals surface area (Å²) in [7, 11) is 0. The number of rotatable bonds is 5.